The summed E-state index contributed by atoms with van der Waals surface area (Å²) in [4.78, 5) is 21.9. The van der Waals surface area contributed by atoms with Gasteiger partial charge in [0.25, 0.3) is 5.91 Å². The van der Waals surface area contributed by atoms with Crippen molar-refractivity contribution in [3.05, 3.63) is 18.1 Å². The topological polar surface area (TPSA) is 81.3 Å². The van der Waals surface area contributed by atoms with Gasteiger partial charge in [-0.3, -0.25) is 4.79 Å². The van der Waals surface area contributed by atoms with Gasteiger partial charge >= 0.3 is 0 Å². The smallest absolute Gasteiger partial charge is 0.274 e. The van der Waals surface area contributed by atoms with Crippen molar-refractivity contribution in [3.8, 4) is 0 Å². The van der Waals surface area contributed by atoms with Crippen molar-refractivity contribution in [1.82, 2.24) is 14.9 Å². The molecule has 0 bridgehead atoms. The third-order valence-electron chi connectivity index (χ3n) is 3.33. The molecule has 2 N–H and O–H groups in total. The first-order valence-corrected chi connectivity index (χ1v) is 5.96. The Morgan fingerprint density at radius 3 is 2.89 bits per heavy atom. The fourth-order valence-electron chi connectivity index (χ4n) is 2.16. The number of rotatable bonds is 2. The van der Waals surface area contributed by atoms with Crippen LogP contribution in [0.4, 0.5) is 5.82 Å². The third kappa shape index (κ3) is 2.59. The van der Waals surface area contributed by atoms with E-state index in [2.05, 4.69) is 9.97 Å². The minimum absolute atomic E-state index is 0.120. The molecule has 0 spiro atoms. The summed E-state index contributed by atoms with van der Waals surface area (Å²) in [6, 6.07) is 0. The van der Waals surface area contributed by atoms with Gasteiger partial charge in [-0.2, -0.15) is 0 Å². The standard InChI is InChI=1S/C12H18N4O2/c1-12(18-2)4-3-5-16(8-12)11(17)9-6-15-10(13)7-14-9/h6-7H,3-5,8H2,1-2H3,(H2,13,15). The third-order valence-corrected chi connectivity index (χ3v) is 3.33. The molecule has 1 amide bonds. The predicted octanol–water partition coefficient (Wildman–Crippen LogP) is 0.700. The van der Waals surface area contributed by atoms with Crippen LogP contribution in [0.25, 0.3) is 0 Å². The Morgan fingerprint density at radius 2 is 2.28 bits per heavy atom. The van der Waals surface area contributed by atoms with Crippen LogP contribution in [0.2, 0.25) is 0 Å². The van der Waals surface area contributed by atoms with E-state index >= 15 is 0 Å². The largest absolute Gasteiger partial charge is 0.382 e. The highest BCUT2D eigenvalue weighted by Crippen LogP contribution is 2.24. The van der Waals surface area contributed by atoms with E-state index < -0.39 is 0 Å². The molecule has 1 saturated heterocycles. The summed E-state index contributed by atoms with van der Waals surface area (Å²) in [5, 5.41) is 0. The first-order valence-electron chi connectivity index (χ1n) is 5.96. The average Bonchev–Trinajstić information content (AvgIpc) is 2.39. The highest BCUT2D eigenvalue weighted by molar-refractivity contribution is 5.92. The van der Waals surface area contributed by atoms with Crippen molar-refractivity contribution < 1.29 is 9.53 Å². The van der Waals surface area contributed by atoms with E-state index in [-0.39, 0.29) is 11.5 Å². The Morgan fingerprint density at radius 1 is 1.50 bits per heavy atom. The lowest BCUT2D eigenvalue weighted by molar-refractivity contribution is -0.0441. The van der Waals surface area contributed by atoms with Gasteiger partial charge in [0.1, 0.15) is 11.5 Å². The molecule has 1 aromatic rings. The van der Waals surface area contributed by atoms with E-state index in [0.717, 1.165) is 19.4 Å². The molecule has 98 valence electrons. The number of ether oxygens (including phenoxy) is 1. The van der Waals surface area contributed by atoms with Crippen LogP contribution in [0.3, 0.4) is 0 Å². The maximum absolute atomic E-state index is 12.2. The molecule has 1 unspecified atom stereocenters. The van der Waals surface area contributed by atoms with Crippen LogP contribution in [-0.2, 0) is 4.74 Å². The zero-order chi connectivity index (χ0) is 13.2. The number of nitrogens with zero attached hydrogens (tertiary/aromatic N) is 3. The molecule has 2 heterocycles. The number of likely N-dealkylation sites (tertiary alicyclic amines) is 1. The summed E-state index contributed by atoms with van der Waals surface area (Å²) in [5.41, 5.74) is 5.51. The van der Waals surface area contributed by atoms with Crippen molar-refractivity contribution in [3.63, 3.8) is 0 Å². The van der Waals surface area contributed by atoms with E-state index in [1.54, 1.807) is 12.0 Å². The summed E-state index contributed by atoms with van der Waals surface area (Å²) in [7, 11) is 1.68. The van der Waals surface area contributed by atoms with E-state index in [9.17, 15) is 4.79 Å². The quantitative estimate of drug-likeness (QED) is 0.835. The predicted molar refractivity (Wildman–Crippen MR) is 67.0 cm³/mol. The normalized spacial score (nSPS) is 24.0. The molecule has 0 aliphatic carbocycles. The Bertz CT molecular complexity index is 434. The van der Waals surface area contributed by atoms with E-state index in [4.69, 9.17) is 10.5 Å². The molecule has 1 fully saturated rings. The molecule has 6 heteroatoms. The number of nitrogen functional groups attached to an aromatic ring is 1. The number of carbonyl (C=O) groups excluding carboxylic acids is 1. The second-order valence-electron chi connectivity index (χ2n) is 4.81. The average molecular weight is 250 g/mol. The van der Waals surface area contributed by atoms with Gasteiger partial charge in [-0.1, -0.05) is 0 Å². The van der Waals surface area contributed by atoms with Crippen molar-refractivity contribution in [2.75, 3.05) is 25.9 Å². The summed E-state index contributed by atoms with van der Waals surface area (Å²) in [6.45, 7) is 3.32. The number of piperidine rings is 1. The van der Waals surface area contributed by atoms with E-state index in [0.29, 0.717) is 18.1 Å². The number of hydrogen-bond donors (Lipinski definition) is 1. The summed E-state index contributed by atoms with van der Waals surface area (Å²) in [5.74, 6) is 0.192. The zero-order valence-electron chi connectivity index (χ0n) is 10.7. The van der Waals surface area contributed by atoms with E-state index in [1.165, 1.54) is 12.4 Å². The zero-order valence-corrected chi connectivity index (χ0v) is 10.7. The molecule has 1 aliphatic heterocycles. The number of methoxy groups -OCH3 is 1. The molecule has 6 nitrogen and oxygen atoms in total. The fraction of sp³-hybridized carbons (Fsp3) is 0.583. The van der Waals surface area contributed by atoms with Crippen molar-refractivity contribution in [2.45, 2.75) is 25.4 Å². The van der Waals surface area contributed by atoms with Crippen molar-refractivity contribution in [1.29, 1.82) is 0 Å². The van der Waals surface area contributed by atoms with Crippen molar-refractivity contribution >= 4 is 11.7 Å². The Balaban J connectivity index is 2.11. The first kappa shape index (κ1) is 12.8. The number of nitrogens with two attached hydrogens (primary N) is 1. The maximum Gasteiger partial charge on any atom is 0.274 e. The molecule has 0 radical (unpaired) electrons. The highest BCUT2D eigenvalue weighted by Gasteiger charge is 2.33. The summed E-state index contributed by atoms with van der Waals surface area (Å²) >= 11 is 0. The summed E-state index contributed by atoms with van der Waals surface area (Å²) < 4.78 is 5.46. The SMILES string of the molecule is COC1(C)CCCN(C(=O)c2cnc(N)cn2)C1. The lowest BCUT2D eigenvalue weighted by Gasteiger charge is -2.39. The maximum atomic E-state index is 12.2. The first-order chi connectivity index (χ1) is 8.54. The Kier molecular flexibility index (Phi) is 3.47. The number of amides is 1. The van der Waals surface area contributed by atoms with E-state index in [1.807, 2.05) is 6.92 Å². The van der Waals surface area contributed by atoms with Crippen LogP contribution >= 0.6 is 0 Å². The van der Waals surface area contributed by atoms with Crippen LogP contribution in [0.1, 0.15) is 30.3 Å². The van der Waals surface area contributed by atoms with Crippen LogP contribution in [0, 0.1) is 0 Å². The molecular weight excluding hydrogens is 232 g/mol. The molecule has 0 saturated carbocycles. The number of hydrogen-bond acceptors (Lipinski definition) is 5. The second-order valence-corrected chi connectivity index (χ2v) is 4.81. The lowest BCUT2D eigenvalue weighted by Crippen LogP contribution is -2.49. The molecule has 2 rings (SSSR count). The Labute approximate surface area is 106 Å². The second kappa shape index (κ2) is 4.89. The fourth-order valence-corrected chi connectivity index (χ4v) is 2.16. The van der Waals surface area contributed by atoms with Gasteiger partial charge in [0, 0.05) is 20.2 Å². The molecule has 1 aromatic heterocycles. The number of aromatic nitrogens is 2. The molecule has 0 aromatic carbocycles. The lowest BCUT2D eigenvalue weighted by atomic mass is 9.94. The molecular formula is C12H18N4O2. The van der Waals surface area contributed by atoms with Gasteiger partial charge in [-0.25, -0.2) is 9.97 Å². The number of anilines is 1. The van der Waals surface area contributed by atoms with Gasteiger partial charge in [0.2, 0.25) is 0 Å². The van der Waals surface area contributed by atoms with Crippen LogP contribution in [0.15, 0.2) is 12.4 Å². The summed E-state index contributed by atoms with van der Waals surface area (Å²) in [6.07, 6.45) is 4.70. The Hall–Kier alpha value is -1.69. The van der Waals surface area contributed by atoms with Crippen LogP contribution < -0.4 is 5.73 Å². The minimum Gasteiger partial charge on any atom is -0.382 e. The molecule has 18 heavy (non-hydrogen) atoms. The highest BCUT2D eigenvalue weighted by atomic mass is 16.5. The van der Waals surface area contributed by atoms with Gasteiger partial charge in [-0.05, 0) is 19.8 Å². The van der Waals surface area contributed by atoms with Crippen molar-refractivity contribution in [2.24, 2.45) is 0 Å². The van der Waals surface area contributed by atoms with Gasteiger partial charge in [0.05, 0.1) is 18.0 Å². The van der Waals surface area contributed by atoms with Gasteiger partial charge in [-0.15, -0.1) is 0 Å². The minimum atomic E-state index is -0.269. The van der Waals surface area contributed by atoms with Crippen LogP contribution in [0.5, 0.6) is 0 Å². The monoisotopic (exact) mass is 250 g/mol. The van der Waals surface area contributed by atoms with Gasteiger partial charge in [0.15, 0.2) is 0 Å². The van der Waals surface area contributed by atoms with Gasteiger partial charge < -0.3 is 15.4 Å². The number of carbonyl (C=O) groups is 1. The van der Waals surface area contributed by atoms with Crippen LogP contribution in [-0.4, -0.2) is 46.6 Å². The molecule has 1 atom stereocenters. The molecule has 1 aliphatic rings.